The number of aromatic nitrogens is 2. The smallest absolute Gasteiger partial charge is 0.245 e. The summed E-state index contributed by atoms with van der Waals surface area (Å²) in [7, 11) is 0. The average molecular weight is 402 g/mol. The molecular weight excluding hydrogens is 375 g/mol. The quantitative estimate of drug-likeness (QED) is 0.707. The van der Waals surface area contributed by atoms with E-state index in [0.29, 0.717) is 49.5 Å². The molecule has 0 aliphatic heterocycles. The second kappa shape index (κ2) is 9.62. The van der Waals surface area contributed by atoms with E-state index in [1.54, 1.807) is 12.1 Å². The van der Waals surface area contributed by atoms with Crippen molar-refractivity contribution in [3.63, 3.8) is 0 Å². The summed E-state index contributed by atoms with van der Waals surface area (Å²) in [5.74, 6) is 0.257. The highest BCUT2D eigenvalue weighted by Gasteiger charge is 2.40. The van der Waals surface area contributed by atoms with E-state index in [1.165, 1.54) is 12.1 Å². The molecule has 0 spiro atoms. The Balaban J connectivity index is 1.51. The van der Waals surface area contributed by atoms with Gasteiger partial charge >= 0.3 is 0 Å². The summed E-state index contributed by atoms with van der Waals surface area (Å²) in [6.07, 6.45) is 5.57. The van der Waals surface area contributed by atoms with Crippen LogP contribution in [0.2, 0.25) is 0 Å². The van der Waals surface area contributed by atoms with Gasteiger partial charge in [-0.15, -0.1) is 0 Å². The second-order valence-electron chi connectivity index (χ2n) is 7.42. The number of hydrogen-bond donors (Lipinski definition) is 2. The molecular formula is C21H27FN4O3. The highest BCUT2D eigenvalue weighted by atomic mass is 19.1. The molecule has 29 heavy (non-hydrogen) atoms. The number of nitrogens with zero attached hydrogens (tertiary/aromatic N) is 2. The molecule has 0 saturated heterocycles. The van der Waals surface area contributed by atoms with Gasteiger partial charge in [0.05, 0.1) is 0 Å². The van der Waals surface area contributed by atoms with E-state index >= 15 is 0 Å². The van der Waals surface area contributed by atoms with Crippen LogP contribution in [0.5, 0.6) is 0 Å². The lowest BCUT2D eigenvalue weighted by Crippen LogP contribution is -2.59. The van der Waals surface area contributed by atoms with Crippen molar-refractivity contribution in [2.75, 3.05) is 6.54 Å². The van der Waals surface area contributed by atoms with Crippen LogP contribution in [0, 0.1) is 5.82 Å². The zero-order chi connectivity index (χ0) is 20.7. The maximum absolute atomic E-state index is 13.0. The molecule has 0 bridgehead atoms. The molecule has 1 fully saturated rings. The number of amides is 2. The van der Waals surface area contributed by atoms with Crippen LogP contribution in [-0.4, -0.2) is 34.0 Å². The highest BCUT2D eigenvalue weighted by molar-refractivity contribution is 5.91. The van der Waals surface area contributed by atoms with Crippen molar-refractivity contribution in [2.45, 2.75) is 63.8 Å². The van der Waals surface area contributed by atoms with Gasteiger partial charge in [0, 0.05) is 24.9 Å². The van der Waals surface area contributed by atoms with E-state index < -0.39 is 5.54 Å². The third-order valence-electron chi connectivity index (χ3n) is 5.22. The van der Waals surface area contributed by atoms with E-state index in [1.807, 2.05) is 6.92 Å². The Kier molecular flexibility index (Phi) is 6.95. The highest BCUT2D eigenvalue weighted by Crippen LogP contribution is 2.28. The van der Waals surface area contributed by atoms with Gasteiger partial charge in [0.2, 0.25) is 23.5 Å². The van der Waals surface area contributed by atoms with Crippen LogP contribution in [0.1, 0.15) is 57.8 Å². The predicted molar refractivity (Wildman–Crippen MR) is 105 cm³/mol. The van der Waals surface area contributed by atoms with Crippen LogP contribution in [0.25, 0.3) is 11.4 Å². The Bertz CT molecular complexity index is 829. The zero-order valence-electron chi connectivity index (χ0n) is 16.7. The number of likely N-dealkylation sites (N-methyl/N-ethyl adjacent to an activating group) is 1. The van der Waals surface area contributed by atoms with Crippen molar-refractivity contribution >= 4 is 11.8 Å². The largest absolute Gasteiger partial charge is 0.354 e. The Hall–Kier alpha value is -2.77. The number of carbonyl (C=O) groups excluding carboxylic acids is 2. The summed E-state index contributed by atoms with van der Waals surface area (Å²) >= 11 is 0. The van der Waals surface area contributed by atoms with E-state index in [0.717, 1.165) is 19.3 Å². The first kappa shape index (κ1) is 21.0. The second-order valence-corrected chi connectivity index (χ2v) is 7.42. The number of aryl methyl sites for hydroxylation is 1. The van der Waals surface area contributed by atoms with Crippen LogP contribution >= 0.6 is 0 Å². The fourth-order valence-corrected chi connectivity index (χ4v) is 3.70. The van der Waals surface area contributed by atoms with Gasteiger partial charge in [-0.2, -0.15) is 4.98 Å². The molecule has 8 heteroatoms. The topological polar surface area (TPSA) is 97.1 Å². The molecule has 2 aromatic rings. The van der Waals surface area contributed by atoms with Crippen molar-refractivity contribution in [3.05, 3.63) is 36.0 Å². The zero-order valence-corrected chi connectivity index (χ0v) is 16.7. The fourth-order valence-electron chi connectivity index (χ4n) is 3.70. The lowest BCUT2D eigenvalue weighted by Gasteiger charge is -2.36. The number of halogens is 1. The molecule has 1 aromatic carbocycles. The first-order valence-electron chi connectivity index (χ1n) is 10.2. The van der Waals surface area contributed by atoms with Gasteiger partial charge in [0.15, 0.2) is 0 Å². The van der Waals surface area contributed by atoms with Crippen molar-refractivity contribution in [1.29, 1.82) is 0 Å². The van der Waals surface area contributed by atoms with E-state index in [9.17, 15) is 14.0 Å². The number of rotatable bonds is 8. The van der Waals surface area contributed by atoms with Crippen LogP contribution in [-0.2, 0) is 16.0 Å². The SMILES string of the molecule is CCNC(=O)C1(NC(=O)CCCc2nc(-c3ccc(F)cc3)no2)CCCCC1. The van der Waals surface area contributed by atoms with Crippen molar-refractivity contribution in [2.24, 2.45) is 0 Å². The minimum Gasteiger partial charge on any atom is -0.354 e. The summed E-state index contributed by atoms with van der Waals surface area (Å²) < 4.78 is 18.2. The van der Waals surface area contributed by atoms with Crippen LogP contribution in [0.3, 0.4) is 0 Å². The van der Waals surface area contributed by atoms with Gasteiger partial charge < -0.3 is 15.2 Å². The average Bonchev–Trinajstić information content (AvgIpc) is 3.18. The summed E-state index contributed by atoms with van der Waals surface area (Å²) in [4.78, 5) is 29.3. The van der Waals surface area contributed by atoms with Gasteiger partial charge in [-0.05, 0) is 50.5 Å². The number of carbonyl (C=O) groups is 2. The number of benzene rings is 1. The van der Waals surface area contributed by atoms with Crippen LogP contribution in [0.15, 0.2) is 28.8 Å². The van der Waals surface area contributed by atoms with Gasteiger partial charge in [-0.25, -0.2) is 4.39 Å². The number of hydrogen-bond acceptors (Lipinski definition) is 5. The normalized spacial score (nSPS) is 15.7. The van der Waals surface area contributed by atoms with Gasteiger partial charge in [0.25, 0.3) is 0 Å². The van der Waals surface area contributed by atoms with E-state index in [4.69, 9.17) is 4.52 Å². The third kappa shape index (κ3) is 5.40. The van der Waals surface area contributed by atoms with Gasteiger partial charge in [-0.1, -0.05) is 24.4 Å². The Morgan fingerprint density at radius 2 is 1.90 bits per heavy atom. The summed E-state index contributed by atoms with van der Waals surface area (Å²) in [5, 5.41) is 9.74. The minimum absolute atomic E-state index is 0.0890. The molecule has 2 N–H and O–H groups in total. The third-order valence-corrected chi connectivity index (χ3v) is 5.22. The lowest BCUT2D eigenvalue weighted by molar-refractivity contribution is -0.135. The van der Waals surface area contributed by atoms with Crippen molar-refractivity contribution < 1.29 is 18.5 Å². The molecule has 1 aliphatic rings. The van der Waals surface area contributed by atoms with E-state index in [-0.39, 0.29) is 24.1 Å². The molecule has 0 unspecified atom stereocenters. The molecule has 2 amide bonds. The molecule has 3 rings (SSSR count). The standard InChI is InChI=1S/C21H27FN4O3/c1-2-23-20(28)21(13-4-3-5-14-21)25-17(27)7-6-8-18-24-19(26-29-18)15-9-11-16(22)12-10-15/h9-12H,2-8,13-14H2,1H3,(H,23,28)(H,25,27). The van der Waals surface area contributed by atoms with Crippen LogP contribution in [0.4, 0.5) is 4.39 Å². The molecule has 7 nitrogen and oxygen atoms in total. The number of nitrogens with one attached hydrogen (secondary N) is 2. The Morgan fingerprint density at radius 1 is 1.17 bits per heavy atom. The summed E-state index contributed by atoms with van der Waals surface area (Å²) in [5.41, 5.74) is -0.119. The molecule has 156 valence electrons. The molecule has 1 heterocycles. The van der Waals surface area contributed by atoms with E-state index in [2.05, 4.69) is 20.8 Å². The van der Waals surface area contributed by atoms with Gasteiger partial charge in [-0.3, -0.25) is 9.59 Å². The lowest BCUT2D eigenvalue weighted by atomic mass is 9.80. The van der Waals surface area contributed by atoms with Gasteiger partial charge in [0.1, 0.15) is 11.4 Å². The monoisotopic (exact) mass is 402 g/mol. The summed E-state index contributed by atoms with van der Waals surface area (Å²) in [6.45, 7) is 2.42. The Morgan fingerprint density at radius 3 is 2.59 bits per heavy atom. The predicted octanol–water partition coefficient (Wildman–Crippen LogP) is 3.15. The van der Waals surface area contributed by atoms with Crippen LogP contribution < -0.4 is 10.6 Å². The Labute approximate surface area is 169 Å². The molecule has 0 radical (unpaired) electrons. The minimum atomic E-state index is -0.786. The molecule has 0 atom stereocenters. The maximum atomic E-state index is 13.0. The summed E-state index contributed by atoms with van der Waals surface area (Å²) in [6, 6.07) is 5.85. The first-order valence-corrected chi connectivity index (χ1v) is 10.2. The molecule has 1 saturated carbocycles. The fraction of sp³-hybridized carbons (Fsp3) is 0.524. The first-order chi connectivity index (χ1) is 14.0. The van der Waals surface area contributed by atoms with Crippen molar-refractivity contribution in [3.8, 4) is 11.4 Å². The molecule has 1 aromatic heterocycles. The maximum Gasteiger partial charge on any atom is 0.245 e. The molecule has 1 aliphatic carbocycles. The van der Waals surface area contributed by atoms with Crippen molar-refractivity contribution in [1.82, 2.24) is 20.8 Å².